The average molecular weight is 273 g/mol. The number of ether oxygens (including phenoxy) is 2. The van der Waals surface area contributed by atoms with Crippen LogP contribution in [0, 0.1) is 0 Å². The lowest BCUT2D eigenvalue weighted by Crippen LogP contribution is -2.33. The number of hydrogen-bond acceptors (Lipinski definition) is 5. The van der Waals surface area contributed by atoms with Crippen molar-refractivity contribution in [2.45, 2.75) is 26.4 Å². The van der Waals surface area contributed by atoms with Crippen LogP contribution < -0.4 is 5.32 Å². The summed E-state index contributed by atoms with van der Waals surface area (Å²) in [6.07, 6.45) is 1.37. The molecule has 7 heteroatoms. The van der Waals surface area contributed by atoms with E-state index >= 15 is 0 Å². The van der Waals surface area contributed by atoms with Gasteiger partial charge in [0.05, 0.1) is 12.2 Å². The molecule has 108 valence electrons. The number of carbonyl (C=O) groups is 3. The van der Waals surface area contributed by atoms with Crippen molar-refractivity contribution in [1.29, 1.82) is 0 Å². The van der Waals surface area contributed by atoms with E-state index in [0.717, 1.165) is 6.08 Å². The molecule has 0 radical (unpaired) electrons. The Balaban J connectivity index is 3.71. The number of carbonyl (C=O) groups excluding carboxylic acids is 2. The number of carboxylic acid groups (broad SMARTS) is 1. The highest BCUT2D eigenvalue weighted by atomic mass is 16.5. The minimum Gasteiger partial charge on any atom is -0.478 e. The van der Waals surface area contributed by atoms with E-state index in [4.69, 9.17) is 9.84 Å². The van der Waals surface area contributed by atoms with Gasteiger partial charge in [-0.15, -0.1) is 0 Å². The third kappa shape index (κ3) is 12.4. The topological polar surface area (TPSA) is 102 Å². The van der Waals surface area contributed by atoms with Gasteiger partial charge >= 0.3 is 11.9 Å². The molecule has 0 fully saturated rings. The van der Waals surface area contributed by atoms with Crippen LogP contribution in [0.4, 0.5) is 0 Å². The highest BCUT2D eigenvalue weighted by molar-refractivity contribution is 5.91. The molecule has 0 atom stereocenters. The molecule has 1 amide bonds. The van der Waals surface area contributed by atoms with Crippen molar-refractivity contribution < 1.29 is 29.0 Å². The number of esters is 1. The molecular weight excluding hydrogens is 254 g/mol. The Morgan fingerprint density at radius 2 is 1.84 bits per heavy atom. The Labute approximate surface area is 111 Å². The van der Waals surface area contributed by atoms with Crippen molar-refractivity contribution in [2.24, 2.45) is 0 Å². The first-order chi connectivity index (χ1) is 8.70. The Morgan fingerprint density at radius 1 is 1.21 bits per heavy atom. The lowest BCUT2D eigenvalue weighted by Gasteiger charge is -2.19. The first-order valence-electron chi connectivity index (χ1n) is 5.69. The monoisotopic (exact) mass is 273 g/mol. The van der Waals surface area contributed by atoms with Gasteiger partial charge < -0.3 is 19.9 Å². The van der Waals surface area contributed by atoms with Gasteiger partial charge in [-0.05, 0) is 20.8 Å². The summed E-state index contributed by atoms with van der Waals surface area (Å²) in [7, 11) is 0. The minimum atomic E-state index is -1.26. The fourth-order valence-corrected chi connectivity index (χ4v) is 0.923. The van der Waals surface area contributed by atoms with Crippen molar-refractivity contribution in [3.8, 4) is 0 Å². The van der Waals surface area contributed by atoms with E-state index in [1.54, 1.807) is 0 Å². The van der Waals surface area contributed by atoms with Crippen LogP contribution in [0.2, 0.25) is 0 Å². The molecule has 0 rings (SSSR count). The molecule has 7 nitrogen and oxygen atoms in total. The van der Waals surface area contributed by atoms with Crippen LogP contribution in [0.25, 0.3) is 0 Å². The zero-order valence-electron chi connectivity index (χ0n) is 11.3. The van der Waals surface area contributed by atoms with E-state index in [-0.39, 0.29) is 5.60 Å². The summed E-state index contributed by atoms with van der Waals surface area (Å²) in [6.45, 7) is 5.88. The molecule has 0 aromatic heterocycles. The molecule has 0 heterocycles. The summed E-state index contributed by atoms with van der Waals surface area (Å²) in [6, 6.07) is 0. The zero-order chi connectivity index (χ0) is 14.9. The maximum absolute atomic E-state index is 11.2. The Bertz CT molecular complexity index is 356. The van der Waals surface area contributed by atoms with Crippen molar-refractivity contribution in [3.63, 3.8) is 0 Å². The molecule has 0 aliphatic rings. The quantitative estimate of drug-likeness (QED) is 0.387. The van der Waals surface area contributed by atoms with Gasteiger partial charge in [0.15, 0.2) is 6.61 Å². The summed E-state index contributed by atoms with van der Waals surface area (Å²) in [4.78, 5) is 32.3. The standard InChI is InChI=1S/C12H19NO6/c1-12(2,3)19-7-6-13-9(14)8-18-11(17)5-4-10(15)16/h4-5H,6-8H2,1-3H3,(H,13,14)(H,15,16). The van der Waals surface area contributed by atoms with E-state index in [1.165, 1.54) is 0 Å². The molecule has 19 heavy (non-hydrogen) atoms. The first-order valence-corrected chi connectivity index (χ1v) is 5.69. The molecular formula is C12H19NO6. The number of aliphatic carboxylic acids is 1. The largest absolute Gasteiger partial charge is 0.478 e. The summed E-state index contributed by atoms with van der Waals surface area (Å²) in [5, 5.41) is 10.8. The molecule has 0 saturated heterocycles. The molecule has 0 aromatic rings. The molecule has 0 aromatic carbocycles. The van der Waals surface area contributed by atoms with Crippen molar-refractivity contribution in [3.05, 3.63) is 12.2 Å². The normalized spacial score (nSPS) is 11.3. The average Bonchev–Trinajstić information content (AvgIpc) is 2.28. The molecule has 0 aliphatic carbocycles. The molecule has 2 N–H and O–H groups in total. The van der Waals surface area contributed by atoms with Gasteiger partial charge in [0.2, 0.25) is 0 Å². The number of carboxylic acids is 1. The SMILES string of the molecule is CC(C)(C)OCCNC(=O)COC(=O)C=CC(=O)O. The van der Waals surface area contributed by atoms with Crippen LogP contribution in [0.3, 0.4) is 0 Å². The van der Waals surface area contributed by atoms with Crippen LogP contribution in [0.1, 0.15) is 20.8 Å². The lowest BCUT2D eigenvalue weighted by atomic mass is 10.2. The van der Waals surface area contributed by atoms with Crippen LogP contribution in [-0.2, 0) is 23.9 Å². The molecule has 0 aliphatic heterocycles. The Kier molecular flexibility index (Phi) is 7.43. The summed E-state index contributed by atoms with van der Waals surface area (Å²) in [5.74, 6) is -2.63. The number of hydrogen-bond donors (Lipinski definition) is 2. The van der Waals surface area contributed by atoms with Gasteiger partial charge in [-0.3, -0.25) is 4.79 Å². The van der Waals surface area contributed by atoms with Crippen molar-refractivity contribution >= 4 is 17.8 Å². The van der Waals surface area contributed by atoms with Gasteiger partial charge in [0.1, 0.15) is 0 Å². The van der Waals surface area contributed by atoms with Crippen molar-refractivity contribution in [1.82, 2.24) is 5.32 Å². The molecule has 0 spiro atoms. The Morgan fingerprint density at radius 3 is 2.37 bits per heavy atom. The predicted molar refractivity (Wildman–Crippen MR) is 66.4 cm³/mol. The highest BCUT2D eigenvalue weighted by Crippen LogP contribution is 2.04. The highest BCUT2D eigenvalue weighted by Gasteiger charge is 2.10. The van der Waals surface area contributed by atoms with Crippen molar-refractivity contribution in [2.75, 3.05) is 19.8 Å². The minimum absolute atomic E-state index is 0.279. The Hall–Kier alpha value is -1.89. The van der Waals surface area contributed by atoms with E-state index in [0.29, 0.717) is 19.2 Å². The van der Waals surface area contributed by atoms with E-state index < -0.39 is 24.5 Å². The smallest absolute Gasteiger partial charge is 0.331 e. The first kappa shape index (κ1) is 17.1. The summed E-state index contributed by atoms with van der Waals surface area (Å²) >= 11 is 0. The number of nitrogens with one attached hydrogen (secondary N) is 1. The van der Waals surface area contributed by atoms with Crippen LogP contribution in [-0.4, -0.2) is 48.3 Å². The van der Waals surface area contributed by atoms with Crippen LogP contribution in [0.15, 0.2) is 12.2 Å². The maximum Gasteiger partial charge on any atom is 0.331 e. The molecule has 0 saturated carbocycles. The van der Waals surface area contributed by atoms with Crippen LogP contribution in [0.5, 0.6) is 0 Å². The third-order valence-corrected chi connectivity index (χ3v) is 1.67. The van der Waals surface area contributed by atoms with Gasteiger partial charge in [-0.25, -0.2) is 9.59 Å². The fraction of sp³-hybridized carbons (Fsp3) is 0.583. The van der Waals surface area contributed by atoms with Gasteiger partial charge in [0.25, 0.3) is 5.91 Å². The number of rotatable bonds is 7. The van der Waals surface area contributed by atoms with Crippen LogP contribution >= 0.6 is 0 Å². The predicted octanol–water partition coefficient (Wildman–Crippen LogP) is 0.102. The third-order valence-electron chi connectivity index (χ3n) is 1.67. The van der Waals surface area contributed by atoms with Gasteiger partial charge in [-0.1, -0.05) is 0 Å². The second kappa shape index (κ2) is 8.25. The van der Waals surface area contributed by atoms with E-state index in [2.05, 4.69) is 10.1 Å². The maximum atomic E-state index is 11.2. The van der Waals surface area contributed by atoms with Gasteiger partial charge in [0, 0.05) is 18.7 Å². The lowest BCUT2D eigenvalue weighted by molar-refractivity contribution is -0.144. The van der Waals surface area contributed by atoms with E-state index in [9.17, 15) is 14.4 Å². The second-order valence-electron chi connectivity index (χ2n) is 4.59. The molecule has 0 bridgehead atoms. The molecule has 0 unspecified atom stereocenters. The summed E-state index contributed by atoms with van der Waals surface area (Å²) in [5.41, 5.74) is -0.279. The van der Waals surface area contributed by atoms with Gasteiger partial charge in [-0.2, -0.15) is 0 Å². The fourth-order valence-electron chi connectivity index (χ4n) is 0.923. The number of amides is 1. The zero-order valence-corrected chi connectivity index (χ0v) is 11.3. The second-order valence-corrected chi connectivity index (χ2v) is 4.59. The van der Waals surface area contributed by atoms with E-state index in [1.807, 2.05) is 20.8 Å². The summed E-state index contributed by atoms with van der Waals surface area (Å²) < 4.78 is 9.88.